The van der Waals surface area contributed by atoms with Gasteiger partial charge in [0.25, 0.3) is 0 Å². The van der Waals surface area contributed by atoms with Gasteiger partial charge in [0.05, 0.1) is 14.2 Å². The summed E-state index contributed by atoms with van der Waals surface area (Å²) in [5.41, 5.74) is 0. The van der Waals surface area contributed by atoms with Crippen LogP contribution in [0.15, 0.2) is 60.7 Å². The molecule has 0 bridgehead atoms. The second-order valence-corrected chi connectivity index (χ2v) is 3.03. The fourth-order valence-corrected chi connectivity index (χ4v) is 1.11. The third-order valence-corrected chi connectivity index (χ3v) is 1.96. The molecule has 0 heterocycles. The van der Waals surface area contributed by atoms with Crippen molar-refractivity contribution in [1.82, 2.24) is 0 Å². The number of benzene rings is 2. The molecule has 2 nitrogen and oxygen atoms in total. The van der Waals surface area contributed by atoms with E-state index in [4.69, 9.17) is 9.47 Å². The summed E-state index contributed by atoms with van der Waals surface area (Å²) >= 11 is 0. The van der Waals surface area contributed by atoms with Crippen LogP contribution in [0.5, 0.6) is 11.5 Å². The summed E-state index contributed by atoms with van der Waals surface area (Å²) in [6.45, 7) is 0. The van der Waals surface area contributed by atoms with Crippen molar-refractivity contribution in [3.05, 3.63) is 60.7 Å². The summed E-state index contributed by atoms with van der Waals surface area (Å²) in [4.78, 5) is 0. The third-order valence-electron chi connectivity index (χ3n) is 1.96. The van der Waals surface area contributed by atoms with E-state index in [1.54, 1.807) is 14.2 Å². The zero-order valence-electron chi connectivity index (χ0n) is 10.3. The van der Waals surface area contributed by atoms with Crippen LogP contribution in [0.4, 0.5) is 0 Å². The minimum Gasteiger partial charge on any atom is -0.497 e. The summed E-state index contributed by atoms with van der Waals surface area (Å²) in [6, 6.07) is 19.4. The van der Waals surface area contributed by atoms with E-state index in [0.717, 1.165) is 11.5 Å². The van der Waals surface area contributed by atoms with Gasteiger partial charge in [-0.05, 0) is 24.3 Å². The summed E-state index contributed by atoms with van der Waals surface area (Å²) in [5.74, 6) is 1.82. The SMILES string of the molecule is COc1ccccc1.COc1ccccc1.[Cd]. The predicted octanol–water partition coefficient (Wildman–Crippen LogP) is 3.39. The molecule has 17 heavy (non-hydrogen) atoms. The Bertz CT molecular complexity index is 336. The van der Waals surface area contributed by atoms with Crippen LogP contribution < -0.4 is 9.47 Å². The normalized spacial score (nSPS) is 8.12. The van der Waals surface area contributed by atoms with Crippen molar-refractivity contribution in [3.8, 4) is 11.5 Å². The molecule has 2 rings (SSSR count). The summed E-state index contributed by atoms with van der Waals surface area (Å²) in [5, 5.41) is 0. The number of hydrogen-bond donors (Lipinski definition) is 0. The number of hydrogen-bond acceptors (Lipinski definition) is 2. The van der Waals surface area contributed by atoms with Gasteiger partial charge in [0.1, 0.15) is 11.5 Å². The van der Waals surface area contributed by atoms with Gasteiger partial charge in [0.2, 0.25) is 0 Å². The van der Waals surface area contributed by atoms with E-state index in [0.29, 0.717) is 0 Å². The van der Waals surface area contributed by atoms with Gasteiger partial charge < -0.3 is 9.47 Å². The topological polar surface area (TPSA) is 18.5 Å². The van der Waals surface area contributed by atoms with E-state index in [-0.39, 0.29) is 27.3 Å². The van der Waals surface area contributed by atoms with Crippen molar-refractivity contribution in [2.45, 2.75) is 0 Å². The second kappa shape index (κ2) is 10.1. The Hall–Kier alpha value is -1.04. The number of ether oxygens (including phenoxy) is 2. The first-order valence-corrected chi connectivity index (χ1v) is 5.05. The van der Waals surface area contributed by atoms with Gasteiger partial charge in [-0.2, -0.15) is 0 Å². The fourth-order valence-electron chi connectivity index (χ4n) is 1.11. The van der Waals surface area contributed by atoms with Gasteiger partial charge in [0.15, 0.2) is 0 Å². The van der Waals surface area contributed by atoms with Gasteiger partial charge in [-0.3, -0.25) is 0 Å². The zero-order chi connectivity index (χ0) is 11.6. The molecule has 0 aromatic heterocycles. The van der Waals surface area contributed by atoms with E-state index in [1.807, 2.05) is 60.7 Å². The smallest absolute Gasteiger partial charge is 0.118 e. The molecule has 0 atom stereocenters. The van der Waals surface area contributed by atoms with Crippen LogP contribution in [0, 0.1) is 0 Å². The molecule has 0 aliphatic carbocycles. The molecule has 0 saturated heterocycles. The van der Waals surface area contributed by atoms with Crippen molar-refractivity contribution < 1.29 is 36.8 Å². The molecule has 0 aliphatic rings. The predicted molar refractivity (Wildman–Crippen MR) is 66.0 cm³/mol. The molecule has 0 radical (unpaired) electrons. The first-order chi connectivity index (χ1) is 7.86. The van der Waals surface area contributed by atoms with Gasteiger partial charge >= 0.3 is 0 Å². The molecule has 0 fully saturated rings. The maximum absolute atomic E-state index is 4.91. The number of rotatable bonds is 2. The van der Waals surface area contributed by atoms with Crippen LogP contribution in [0.1, 0.15) is 0 Å². The molecule has 0 aliphatic heterocycles. The summed E-state index contributed by atoms with van der Waals surface area (Å²) < 4.78 is 9.83. The van der Waals surface area contributed by atoms with Crippen molar-refractivity contribution in [1.29, 1.82) is 0 Å². The average Bonchev–Trinajstić information content (AvgIpc) is 2.41. The maximum Gasteiger partial charge on any atom is 0.118 e. The van der Waals surface area contributed by atoms with Gasteiger partial charge in [-0.25, -0.2) is 0 Å². The first kappa shape index (κ1) is 16.0. The molecule has 2 aromatic carbocycles. The second-order valence-electron chi connectivity index (χ2n) is 3.03. The maximum atomic E-state index is 4.91. The van der Waals surface area contributed by atoms with Crippen molar-refractivity contribution in [3.63, 3.8) is 0 Å². The van der Waals surface area contributed by atoms with Gasteiger partial charge in [0, 0.05) is 27.3 Å². The van der Waals surface area contributed by atoms with E-state index >= 15 is 0 Å². The molecule has 0 unspecified atom stereocenters. The largest absolute Gasteiger partial charge is 0.497 e. The zero-order valence-corrected chi connectivity index (χ0v) is 14.3. The molecule has 0 amide bonds. The van der Waals surface area contributed by atoms with E-state index in [9.17, 15) is 0 Å². The average molecular weight is 329 g/mol. The molecule has 86 valence electrons. The molecular formula is C14H16CdO2. The Labute approximate surface area is 123 Å². The van der Waals surface area contributed by atoms with Crippen molar-refractivity contribution in [2.24, 2.45) is 0 Å². The molecule has 2 aromatic rings. The summed E-state index contributed by atoms with van der Waals surface area (Å²) in [7, 11) is 3.32. The molecule has 3 heteroatoms. The monoisotopic (exact) mass is 330 g/mol. The van der Waals surface area contributed by atoms with Crippen LogP contribution in [-0.4, -0.2) is 14.2 Å². The molecule has 0 spiro atoms. The van der Waals surface area contributed by atoms with Crippen LogP contribution in [0.25, 0.3) is 0 Å². The van der Waals surface area contributed by atoms with Gasteiger partial charge in [-0.1, -0.05) is 36.4 Å². The molecule has 0 saturated carbocycles. The Morgan fingerprint density at radius 2 is 0.882 bits per heavy atom. The van der Waals surface area contributed by atoms with Crippen LogP contribution in [0.3, 0.4) is 0 Å². The van der Waals surface area contributed by atoms with E-state index in [2.05, 4.69) is 0 Å². The standard InChI is InChI=1S/2C7H8O.Cd/c2*1-8-7-5-3-2-4-6-7;/h2*2-6H,1H3;. The Morgan fingerprint density at radius 1 is 0.588 bits per heavy atom. The van der Waals surface area contributed by atoms with Crippen molar-refractivity contribution >= 4 is 0 Å². The van der Waals surface area contributed by atoms with Gasteiger partial charge in [-0.15, -0.1) is 0 Å². The quantitative estimate of drug-likeness (QED) is 0.787. The van der Waals surface area contributed by atoms with Crippen LogP contribution in [0.2, 0.25) is 0 Å². The Balaban J connectivity index is 0.000000284. The number of para-hydroxylation sites is 2. The van der Waals surface area contributed by atoms with E-state index < -0.39 is 0 Å². The minimum atomic E-state index is 0. The number of methoxy groups -OCH3 is 2. The van der Waals surface area contributed by atoms with Crippen LogP contribution in [-0.2, 0) is 27.3 Å². The van der Waals surface area contributed by atoms with E-state index in [1.165, 1.54) is 0 Å². The minimum absolute atomic E-state index is 0. The Morgan fingerprint density at radius 3 is 1.06 bits per heavy atom. The third kappa shape index (κ3) is 6.99. The summed E-state index contributed by atoms with van der Waals surface area (Å²) in [6.07, 6.45) is 0. The first-order valence-electron chi connectivity index (χ1n) is 5.05. The molecule has 0 N–H and O–H groups in total. The van der Waals surface area contributed by atoms with Crippen LogP contribution >= 0.6 is 0 Å². The Kier molecular flexibility index (Phi) is 9.52. The fraction of sp³-hybridized carbons (Fsp3) is 0.143. The molecular weight excluding hydrogens is 313 g/mol. The van der Waals surface area contributed by atoms with Crippen molar-refractivity contribution in [2.75, 3.05) is 14.2 Å².